The van der Waals surface area contributed by atoms with E-state index in [0.717, 1.165) is 0 Å². The van der Waals surface area contributed by atoms with E-state index in [1.54, 1.807) is 7.05 Å². The van der Waals surface area contributed by atoms with Gasteiger partial charge in [0, 0.05) is 7.05 Å². The van der Waals surface area contributed by atoms with Crippen LogP contribution in [0.1, 0.15) is 0 Å². The molecule has 1 rings (SSSR count). The van der Waals surface area contributed by atoms with Gasteiger partial charge in [0.05, 0.1) is 0 Å². The first-order valence-corrected chi connectivity index (χ1v) is 4.44. The highest BCUT2D eigenvalue weighted by Gasteiger charge is 2.12. The standard InChI is InChI=1S/C5H8N4O2S/c1-9-3-7-8-5(9)12(11)2-4(6)10/h3H,2H2,1H3,(H2,6,10). The Morgan fingerprint density at radius 2 is 2.50 bits per heavy atom. The number of aryl methyl sites for hydroxylation is 1. The molecule has 1 heterocycles. The van der Waals surface area contributed by atoms with Crippen molar-refractivity contribution in [2.75, 3.05) is 5.75 Å². The SMILES string of the molecule is Cn1cnnc1S(=O)CC(N)=O. The van der Waals surface area contributed by atoms with Gasteiger partial charge in [-0.2, -0.15) is 0 Å². The number of carbonyl (C=O) groups excluding carboxylic acids is 1. The maximum atomic E-state index is 11.2. The van der Waals surface area contributed by atoms with Crippen molar-refractivity contribution in [3.63, 3.8) is 0 Å². The zero-order chi connectivity index (χ0) is 9.14. The number of carbonyl (C=O) groups is 1. The summed E-state index contributed by atoms with van der Waals surface area (Å²) in [6, 6.07) is 0. The van der Waals surface area contributed by atoms with Crippen LogP contribution in [0.4, 0.5) is 0 Å². The minimum absolute atomic E-state index is 0.216. The van der Waals surface area contributed by atoms with Gasteiger partial charge < -0.3 is 10.3 Å². The van der Waals surface area contributed by atoms with E-state index in [9.17, 15) is 9.00 Å². The molecule has 0 spiro atoms. The molecule has 66 valence electrons. The summed E-state index contributed by atoms with van der Waals surface area (Å²) in [5, 5.41) is 7.35. The first kappa shape index (κ1) is 8.85. The van der Waals surface area contributed by atoms with Gasteiger partial charge >= 0.3 is 0 Å². The molecular formula is C5H8N4O2S. The summed E-state index contributed by atoms with van der Waals surface area (Å²) >= 11 is 0. The maximum Gasteiger partial charge on any atom is 0.230 e. The molecule has 0 aliphatic carbocycles. The highest BCUT2D eigenvalue weighted by atomic mass is 32.2. The fraction of sp³-hybridized carbons (Fsp3) is 0.400. The third-order valence-corrected chi connectivity index (χ3v) is 2.47. The number of hydrogen-bond acceptors (Lipinski definition) is 4. The Bertz CT molecular complexity index is 321. The molecule has 0 aromatic carbocycles. The second kappa shape index (κ2) is 3.44. The van der Waals surface area contributed by atoms with Crippen LogP contribution in [0.3, 0.4) is 0 Å². The zero-order valence-electron chi connectivity index (χ0n) is 6.43. The normalized spacial score (nSPS) is 12.8. The fourth-order valence-electron chi connectivity index (χ4n) is 0.672. The molecule has 1 aromatic rings. The van der Waals surface area contributed by atoms with Gasteiger partial charge in [0.15, 0.2) is 0 Å². The van der Waals surface area contributed by atoms with Crippen LogP contribution in [0, 0.1) is 0 Å². The molecule has 6 nitrogen and oxygen atoms in total. The van der Waals surface area contributed by atoms with E-state index >= 15 is 0 Å². The lowest BCUT2D eigenvalue weighted by atomic mass is 10.8. The van der Waals surface area contributed by atoms with E-state index in [0.29, 0.717) is 0 Å². The number of hydrogen-bond donors (Lipinski definition) is 1. The quantitative estimate of drug-likeness (QED) is 0.619. The summed E-state index contributed by atoms with van der Waals surface area (Å²) in [4.78, 5) is 10.4. The van der Waals surface area contributed by atoms with Gasteiger partial charge in [-0.15, -0.1) is 10.2 Å². The largest absolute Gasteiger partial charge is 0.369 e. The van der Waals surface area contributed by atoms with E-state index in [-0.39, 0.29) is 10.9 Å². The minimum atomic E-state index is -1.48. The predicted octanol–water partition coefficient (Wildman–Crippen LogP) is -1.59. The van der Waals surface area contributed by atoms with Gasteiger partial charge in [0.2, 0.25) is 11.1 Å². The van der Waals surface area contributed by atoms with Crippen LogP contribution in [-0.2, 0) is 22.6 Å². The lowest BCUT2D eigenvalue weighted by molar-refractivity contribution is -0.115. The molecule has 1 amide bonds. The Labute approximate surface area is 71.2 Å². The van der Waals surface area contributed by atoms with Gasteiger partial charge in [-0.05, 0) is 0 Å². The number of nitrogens with two attached hydrogens (primary N) is 1. The van der Waals surface area contributed by atoms with Crippen LogP contribution >= 0.6 is 0 Å². The lowest BCUT2D eigenvalue weighted by Gasteiger charge is -1.96. The second-order valence-electron chi connectivity index (χ2n) is 2.18. The van der Waals surface area contributed by atoms with Crippen LogP contribution < -0.4 is 5.73 Å². The predicted molar refractivity (Wildman–Crippen MR) is 41.5 cm³/mol. The summed E-state index contributed by atoms with van der Waals surface area (Å²) in [5.74, 6) is -0.830. The summed E-state index contributed by atoms with van der Waals surface area (Å²) < 4.78 is 12.7. The number of primary amides is 1. The van der Waals surface area contributed by atoms with Gasteiger partial charge in [0.1, 0.15) is 22.9 Å². The Morgan fingerprint density at radius 3 is 2.92 bits per heavy atom. The van der Waals surface area contributed by atoms with Crippen LogP contribution in [0.25, 0.3) is 0 Å². The Hall–Kier alpha value is -1.24. The monoisotopic (exact) mass is 188 g/mol. The van der Waals surface area contributed by atoms with E-state index in [1.165, 1.54) is 10.9 Å². The third kappa shape index (κ3) is 1.88. The van der Waals surface area contributed by atoms with Crippen molar-refractivity contribution in [2.45, 2.75) is 5.16 Å². The molecule has 0 bridgehead atoms. The first-order chi connectivity index (χ1) is 5.61. The van der Waals surface area contributed by atoms with Crippen LogP contribution in [0.5, 0.6) is 0 Å². The molecule has 0 fully saturated rings. The molecule has 1 aromatic heterocycles. The Kier molecular flexibility index (Phi) is 2.54. The van der Waals surface area contributed by atoms with Crippen molar-refractivity contribution in [3.8, 4) is 0 Å². The van der Waals surface area contributed by atoms with E-state index in [4.69, 9.17) is 5.73 Å². The molecule has 1 unspecified atom stereocenters. The fourth-order valence-corrected chi connectivity index (χ4v) is 1.57. The molecule has 0 radical (unpaired) electrons. The molecule has 1 atom stereocenters. The van der Waals surface area contributed by atoms with Crippen LogP contribution in [-0.4, -0.2) is 30.6 Å². The van der Waals surface area contributed by atoms with Gasteiger partial charge in [-0.3, -0.25) is 9.00 Å². The van der Waals surface area contributed by atoms with Crippen molar-refractivity contribution < 1.29 is 9.00 Å². The van der Waals surface area contributed by atoms with Crippen molar-refractivity contribution in [1.82, 2.24) is 14.8 Å². The van der Waals surface area contributed by atoms with Crippen molar-refractivity contribution in [1.29, 1.82) is 0 Å². The van der Waals surface area contributed by atoms with E-state index in [1.807, 2.05) is 0 Å². The summed E-state index contributed by atoms with van der Waals surface area (Å²) in [7, 11) is 0.168. The van der Waals surface area contributed by atoms with Crippen molar-refractivity contribution >= 4 is 16.7 Å². The zero-order valence-corrected chi connectivity index (χ0v) is 7.24. The molecule has 0 aliphatic rings. The summed E-state index contributed by atoms with van der Waals surface area (Å²) in [5.41, 5.74) is 4.86. The highest BCUT2D eigenvalue weighted by molar-refractivity contribution is 7.85. The van der Waals surface area contributed by atoms with E-state index < -0.39 is 16.7 Å². The molecule has 0 saturated heterocycles. The third-order valence-electron chi connectivity index (χ3n) is 1.15. The van der Waals surface area contributed by atoms with Crippen molar-refractivity contribution in [2.24, 2.45) is 12.8 Å². The average Bonchev–Trinajstić information content (AvgIpc) is 2.33. The van der Waals surface area contributed by atoms with Crippen molar-refractivity contribution in [3.05, 3.63) is 6.33 Å². The Morgan fingerprint density at radius 1 is 1.83 bits per heavy atom. The van der Waals surface area contributed by atoms with Crippen LogP contribution in [0.2, 0.25) is 0 Å². The summed E-state index contributed by atoms with van der Waals surface area (Å²) in [6.07, 6.45) is 1.41. The molecule has 12 heavy (non-hydrogen) atoms. The molecule has 0 aliphatic heterocycles. The molecule has 7 heteroatoms. The number of rotatable bonds is 3. The minimum Gasteiger partial charge on any atom is -0.369 e. The Balaban J connectivity index is 2.78. The molecule has 0 saturated carbocycles. The smallest absolute Gasteiger partial charge is 0.230 e. The topological polar surface area (TPSA) is 90.9 Å². The maximum absolute atomic E-state index is 11.2. The average molecular weight is 188 g/mol. The number of nitrogens with zero attached hydrogens (tertiary/aromatic N) is 3. The van der Waals surface area contributed by atoms with Crippen LogP contribution in [0.15, 0.2) is 11.5 Å². The lowest BCUT2D eigenvalue weighted by Crippen LogP contribution is -2.20. The summed E-state index contributed by atoms with van der Waals surface area (Å²) in [6.45, 7) is 0. The second-order valence-corrected chi connectivity index (χ2v) is 3.53. The van der Waals surface area contributed by atoms with Gasteiger partial charge in [-0.1, -0.05) is 0 Å². The molecule has 2 N–H and O–H groups in total. The molecular weight excluding hydrogens is 180 g/mol. The number of amides is 1. The van der Waals surface area contributed by atoms with Gasteiger partial charge in [0.25, 0.3) is 0 Å². The van der Waals surface area contributed by atoms with E-state index in [2.05, 4.69) is 10.2 Å². The van der Waals surface area contributed by atoms with Gasteiger partial charge in [-0.25, -0.2) is 0 Å². The first-order valence-electron chi connectivity index (χ1n) is 3.12. The highest BCUT2D eigenvalue weighted by Crippen LogP contribution is 1.98. The number of aromatic nitrogens is 3.